The van der Waals surface area contributed by atoms with E-state index in [4.69, 9.17) is 10.5 Å². The van der Waals surface area contributed by atoms with Crippen LogP contribution in [0, 0.1) is 0 Å². The van der Waals surface area contributed by atoms with Crippen LogP contribution < -0.4 is 5.73 Å². The van der Waals surface area contributed by atoms with Crippen molar-refractivity contribution < 1.29 is 13.9 Å². The molecule has 0 spiro atoms. The molecule has 3 nitrogen and oxygen atoms in total. The molecule has 0 heterocycles. The second kappa shape index (κ2) is 5.17. The molecule has 0 aliphatic rings. The molecule has 0 saturated carbocycles. The first-order chi connectivity index (χ1) is 5.87. The van der Waals surface area contributed by atoms with Crippen LogP contribution in [-0.4, -0.2) is 24.3 Å². The van der Waals surface area contributed by atoms with Gasteiger partial charge in [-0.1, -0.05) is 0 Å². The smallest absolute Gasteiger partial charge is 0.323 e. The third-order valence-electron chi connectivity index (χ3n) is 1.36. The van der Waals surface area contributed by atoms with Gasteiger partial charge in [-0.3, -0.25) is 9.18 Å². The van der Waals surface area contributed by atoms with Crippen LogP contribution in [-0.2, 0) is 9.53 Å². The zero-order valence-electron chi connectivity index (χ0n) is 8.47. The number of esters is 1. The molecule has 0 radical (unpaired) electrons. The van der Waals surface area contributed by atoms with Crippen LogP contribution >= 0.6 is 0 Å². The van der Waals surface area contributed by atoms with Crippen molar-refractivity contribution in [3.8, 4) is 0 Å². The molecule has 0 aromatic carbocycles. The van der Waals surface area contributed by atoms with Gasteiger partial charge in [0.15, 0.2) is 0 Å². The number of carbonyl (C=O) groups excluding carboxylic acids is 1. The van der Waals surface area contributed by atoms with Gasteiger partial charge in [-0.15, -0.1) is 0 Å². The summed E-state index contributed by atoms with van der Waals surface area (Å²) in [6.07, 6.45) is 0.645. The molecular formula is C9H18FNO2. The zero-order chi connectivity index (χ0) is 10.5. The number of carbonyl (C=O) groups is 1. The molecule has 0 unspecified atom stereocenters. The van der Waals surface area contributed by atoms with Crippen molar-refractivity contribution in [3.63, 3.8) is 0 Å². The van der Waals surface area contributed by atoms with Crippen LogP contribution in [0.2, 0.25) is 0 Å². The van der Waals surface area contributed by atoms with E-state index >= 15 is 0 Å². The number of alkyl halides is 1. The summed E-state index contributed by atoms with van der Waals surface area (Å²) in [4.78, 5) is 11.2. The average Bonchev–Trinajstić information content (AvgIpc) is 1.96. The highest BCUT2D eigenvalue weighted by Gasteiger charge is 2.21. The zero-order valence-corrected chi connectivity index (χ0v) is 8.47. The molecule has 0 aromatic rings. The Morgan fingerprint density at radius 1 is 1.54 bits per heavy atom. The number of hydrogen-bond donors (Lipinski definition) is 1. The van der Waals surface area contributed by atoms with Crippen LogP contribution in [0.3, 0.4) is 0 Å². The SMILES string of the molecule is CC(C)(C)OC(=O)[C@@H](N)CCCF. The van der Waals surface area contributed by atoms with Crippen molar-refractivity contribution in [1.29, 1.82) is 0 Å². The summed E-state index contributed by atoms with van der Waals surface area (Å²) in [7, 11) is 0. The molecule has 13 heavy (non-hydrogen) atoms. The highest BCUT2D eigenvalue weighted by Crippen LogP contribution is 2.09. The Kier molecular flexibility index (Phi) is 4.91. The van der Waals surface area contributed by atoms with Crippen LogP contribution in [0.25, 0.3) is 0 Å². The first kappa shape index (κ1) is 12.4. The predicted molar refractivity (Wildman–Crippen MR) is 49.0 cm³/mol. The second-order valence-electron chi connectivity index (χ2n) is 3.97. The van der Waals surface area contributed by atoms with E-state index in [0.29, 0.717) is 12.8 Å². The van der Waals surface area contributed by atoms with E-state index < -0.39 is 24.3 Å². The number of nitrogens with two attached hydrogens (primary N) is 1. The Balaban J connectivity index is 3.83. The first-order valence-corrected chi connectivity index (χ1v) is 4.41. The lowest BCUT2D eigenvalue weighted by Gasteiger charge is -2.21. The van der Waals surface area contributed by atoms with Crippen LogP contribution in [0.5, 0.6) is 0 Å². The monoisotopic (exact) mass is 191 g/mol. The van der Waals surface area contributed by atoms with E-state index in [1.54, 1.807) is 20.8 Å². The number of rotatable bonds is 4. The molecule has 4 heteroatoms. The van der Waals surface area contributed by atoms with Crippen molar-refractivity contribution in [2.24, 2.45) is 5.73 Å². The topological polar surface area (TPSA) is 52.3 Å². The number of ether oxygens (including phenoxy) is 1. The van der Waals surface area contributed by atoms with Gasteiger partial charge < -0.3 is 10.5 Å². The molecule has 0 aliphatic heterocycles. The van der Waals surface area contributed by atoms with Crippen molar-refractivity contribution in [2.75, 3.05) is 6.67 Å². The Hall–Kier alpha value is -0.640. The van der Waals surface area contributed by atoms with Gasteiger partial charge in [0.1, 0.15) is 11.6 Å². The molecule has 0 saturated heterocycles. The van der Waals surface area contributed by atoms with E-state index in [0.717, 1.165) is 0 Å². The van der Waals surface area contributed by atoms with Gasteiger partial charge in [-0.05, 0) is 33.6 Å². The van der Waals surface area contributed by atoms with E-state index in [1.807, 2.05) is 0 Å². The van der Waals surface area contributed by atoms with Crippen molar-refractivity contribution in [1.82, 2.24) is 0 Å². The number of hydrogen-bond acceptors (Lipinski definition) is 3. The van der Waals surface area contributed by atoms with Crippen molar-refractivity contribution in [3.05, 3.63) is 0 Å². The fourth-order valence-electron chi connectivity index (χ4n) is 0.792. The van der Waals surface area contributed by atoms with Gasteiger partial charge in [0.2, 0.25) is 0 Å². The molecule has 2 N–H and O–H groups in total. The second-order valence-corrected chi connectivity index (χ2v) is 3.97. The Morgan fingerprint density at radius 3 is 2.46 bits per heavy atom. The van der Waals surface area contributed by atoms with Gasteiger partial charge in [0.05, 0.1) is 6.67 Å². The fraction of sp³-hybridized carbons (Fsp3) is 0.889. The lowest BCUT2D eigenvalue weighted by Crippen LogP contribution is -2.37. The predicted octanol–water partition coefficient (Wildman–Crippen LogP) is 1.41. The standard InChI is InChI=1S/C9H18FNO2/c1-9(2,3)13-8(12)7(11)5-4-6-10/h7H,4-6,11H2,1-3H3/t7-/m0/s1. The van der Waals surface area contributed by atoms with Crippen molar-refractivity contribution >= 4 is 5.97 Å². The summed E-state index contributed by atoms with van der Waals surface area (Å²) in [5, 5.41) is 0. The van der Waals surface area contributed by atoms with E-state index in [1.165, 1.54) is 0 Å². The highest BCUT2D eigenvalue weighted by molar-refractivity contribution is 5.75. The minimum atomic E-state index is -0.699. The van der Waals surface area contributed by atoms with E-state index in [2.05, 4.69) is 0 Å². The lowest BCUT2D eigenvalue weighted by molar-refractivity contribution is -0.156. The summed E-state index contributed by atoms with van der Waals surface area (Å²) in [6.45, 7) is 4.86. The molecule has 0 fully saturated rings. The summed E-state index contributed by atoms with van der Waals surface area (Å²) < 4.78 is 16.8. The molecule has 0 aromatic heterocycles. The van der Waals surface area contributed by atoms with Crippen LogP contribution in [0.15, 0.2) is 0 Å². The average molecular weight is 191 g/mol. The first-order valence-electron chi connectivity index (χ1n) is 4.41. The quantitative estimate of drug-likeness (QED) is 0.683. The normalized spacial score (nSPS) is 13.9. The minimum absolute atomic E-state index is 0.306. The van der Waals surface area contributed by atoms with Gasteiger partial charge in [-0.2, -0.15) is 0 Å². The van der Waals surface area contributed by atoms with E-state index in [-0.39, 0.29) is 0 Å². The Bertz CT molecular complexity index is 165. The maximum absolute atomic E-state index is 11.7. The maximum Gasteiger partial charge on any atom is 0.323 e. The summed E-state index contributed by atoms with van der Waals surface area (Å²) in [5.74, 6) is -0.457. The lowest BCUT2D eigenvalue weighted by atomic mass is 10.1. The summed E-state index contributed by atoms with van der Waals surface area (Å²) in [5.41, 5.74) is 4.95. The van der Waals surface area contributed by atoms with Crippen molar-refractivity contribution in [2.45, 2.75) is 45.3 Å². The highest BCUT2D eigenvalue weighted by atomic mass is 19.1. The van der Waals surface area contributed by atoms with E-state index in [9.17, 15) is 9.18 Å². The minimum Gasteiger partial charge on any atom is -0.459 e. The molecule has 0 rings (SSSR count). The van der Waals surface area contributed by atoms with Gasteiger partial charge >= 0.3 is 5.97 Å². The molecule has 0 aliphatic carbocycles. The molecule has 0 amide bonds. The molecule has 78 valence electrons. The fourth-order valence-corrected chi connectivity index (χ4v) is 0.792. The molecular weight excluding hydrogens is 173 g/mol. The summed E-state index contributed by atoms with van der Waals surface area (Å²) in [6, 6.07) is -0.699. The third kappa shape index (κ3) is 6.51. The van der Waals surface area contributed by atoms with Crippen LogP contribution in [0.1, 0.15) is 33.6 Å². The third-order valence-corrected chi connectivity index (χ3v) is 1.36. The molecule has 1 atom stereocenters. The van der Waals surface area contributed by atoms with Gasteiger partial charge in [0, 0.05) is 0 Å². The Morgan fingerprint density at radius 2 is 2.08 bits per heavy atom. The molecule has 0 bridgehead atoms. The summed E-state index contributed by atoms with van der Waals surface area (Å²) >= 11 is 0. The van der Waals surface area contributed by atoms with Gasteiger partial charge in [0.25, 0.3) is 0 Å². The largest absolute Gasteiger partial charge is 0.459 e. The van der Waals surface area contributed by atoms with Gasteiger partial charge in [-0.25, -0.2) is 0 Å². The number of halogens is 1. The van der Waals surface area contributed by atoms with Crippen LogP contribution in [0.4, 0.5) is 4.39 Å². The maximum atomic E-state index is 11.7. The Labute approximate surface area is 78.4 Å².